The lowest BCUT2D eigenvalue weighted by atomic mass is 9.98. The van der Waals surface area contributed by atoms with Crippen LogP contribution in [-0.2, 0) is 13.0 Å². The molecule has 0 fully saturated rings. The number of anilines is 1. The smallest absolute Gasteiger partial charge is 0.255 e. The van der Waals surface area contributed by atoms with Crippen molar-refractivity contribution in [2.24, 2.45) is 0 Å². The molecule has 1 heterocycles. The number of nitrogens with zero attached hydrogens (tertiary/aromatic N) is 1. The maximum Gasteiger partial charge on any atom is 0.255 e. The van der Waals surface area contributed by atoms with Crippen molar-refractivity contribution in [1.29, 1.82) is 0 Å². The summed E-state index contributed by atoms with van der Waals surface area (Å²) < 4.78 is 0.836. The van der Waals surface area contributed by atoms with Crippen LogP contribution in [0.4, 0.5) is 5.69 Å². The van der Waals surface area contributed by atoms with E-state index in [-0.39, 0.29) is 5.91 Å². The van der Waals surface area contributed by atoms with Gasteiger partial charge in [-0.25, -0.2) is 0 Å². The highest BCUT2D eigenvalue weighted by molar-refractivity contribution is 9.10. The lowest BCUT2D eigenvalue weighted by Crippen LogP contribution is -2.36. The molecular formula is C16H15BrN2O. The highest BCUT2D eigenvalue weighted by Crippen LogP contribution is 2.24. The van der Waals surface area contributed by atoms with Gasteiger partial charge in [-0.1, -0.05) is 18.2 Å². The standard InChI is InChI=1S/C16H15BrN2O/c17-15-4-2-1-3-14(15)16(20)19-8-7-11-5-6-13(18)9-12(11)10-19/h1-6,9H,7-8,10,18H2. The number of nitrogen functional groups attached to an aromatic ring is 1. The normalized spacial score (nSPS) is 13.9. The molecule has 0 bridgehead atoms. The molecule has 1 aliphatic rings. The summed E-state index contributed by atoms with van der Waals surface area (Å²) in [6.07, 6.45) is 0.881. The van der Waals surface area contributed by atoms with E-state index >= 15 is 0 Å². The summed E-state index contributed by atoms with van der Waals surface area (Å²) in [6, 6.07) is 13.5. The zero-order valence-corrected chi connectivity index (χ0v) is 12.6. The first-order valence-electron chi connectivity index (χ1n) is 6.56. The molecule has 3 nitrogen and oxygen atoms in total. The molecule has 102 valence electrons. The van der Waals surface area contributed by atoms with Crippen LogP contribution in [0.5, 0.6) is 0 Å². The van der Waals surface area contributed by atoms with Crippen LogP contribution >= 0.6 is 15.9 Å². The van der Waals surface area contributed by atoms with Gasteiger partial charge in [0.25, 0.3) is 5.91 Å². The van der Waals surface area contributed by atoms with E-state index in [4.69, 9.17) is 5.73 Å². The van der Waals surface area contributed by atoms with Gasteiger partial charge < -0.3 is 10.6 Å². The Kier molecular flexibility index (Phi) is 3.49. The van der Waals surface area contributed by atoms with E-state index in [0.717, 1.165) is 28.7 Å². The third-order valence-corrected chi connectivity index (χ3v) is 4.33. The van der Waals surface area contributed by atoms with Crippen molar-refractivity contribution in [1.82, 2.24) is 4.90 Å². The molecule has 0 saturated carbocycles. The molecule has 2 N–H and O–H groups in total. The molecule has 0 spiro atoms. The summed E-state index contributed by atoms with van der Waals surface area (Å²) in [4.78, 5) is 14.5. The Bertz CT molecular complexity index is 669. The molecule has 1 aliphatic heterocycles. The first-order chi connectivity index (χ1) is 9.65. The predicted molar refractivity (Wildman–Crippen MR) is 83.4 cm³/mol. The van der Waals surface area contributed by atoms with Gasteiger partial charge >= 0.3 is 0 Å². The quantitative estimate of drug-likeness (QED) is 0.816. The van der Waals surface area contributed by atoms with Crippen molar-refractivity contribution >= 4 is 27.5 Å². The summed E-state index contributed by atoms with van der Waals surface area (Å²) in [5.41, 5.74) is 9.72. The fraction of sp³-hybridized carbons (Fsp3) is 0.188. The van der Waals surface area contributed by atoms with E-state index in [1.807, 2.05) is 41.3 Å². The molecule has 3 rings (SSSR count). The summed E-state index contributed by atoms with van der Waals surface area (Å²) in [7, 11) is 0. The molecule has 0 saturated heterocycles. The lowest BCUT2D eigenvalue weighted by molar-refractivity contribution is 0.0734. The zero-order chi connectivity index (χ0) is 14.1. The van der Waals surface area contributed by atoms with Gasteiger partial charge in [-0.2, -0.15) is 0 Å². The maximum absolute atomic E-state index is 12.6. The zero-order valence-electron chi connectivity index (χ0n) is 11.0. The van der Waals surface area contributed by atoms with Crippen LogP contribution in [0.25, 0.3) is 0 Å². The van der Waals surface area contributed by atoms with Gasteiger partial charge in [-0.3, -0.25) is 4.79 Å². The van der Waals surface area contributed by atoms with Gasteiger partial charge in [0, 0.05) is 23.2 Å². The average Bonchev–Trinajstić information content (AvgIpc) is 2.46. The molecule has 0 unspecified atom stereocenters. The minimum atomic E-state index is 0.0607. The van der Waals surface area contributed by atoms with Crippen LogP contribution in [0.2, 0.25) is 0 Å². The fourth-order valence-electron chi connectivity index (χ4n) is 2.56. The molecule has 2 aromatic rings. The van der Waals surface area contributed by atoms with E-state index in [1.54, 1.807) is 0 Å². The summed E-state index contributed by atoms with van der Waals surface area (Å²) >= 11 is 3.44. The van der Waals surface area contributed by atoms with Gasteiger partial charge in [0.2, 0.25) is 0 Å². The summed E-state index contributed by atoms with van der Waals surface area (Å²) in [6.45, 7) is 1.37. The van der Waals surface area contributed by atoms with Crippen LogP contribution < -0.4 is 5.73 Å². The molecule has 20 heavy (non-hydrogen) atoms. The number of carbonyl (C=O) groups is 1. The monoisotopic (exact) mass is 330 g/mol. The number of nitrogens with two attached hydrogens (primary N) is 1. The van der Waals surface area contributed by atoms with Crippen LogP contribution in [0, 0.1) is 0 Å². The maximum atomic E-state index is 12.6. The van der Waals surface area contributed by atoms with E-state index in [1.165, 1.54) is 5.56 Å². The summed E-state index contributed by atoms with van der Waals surface area (Å²) in [5.74, 6) is 0.0607. The van der Waals surface area contributed by atoms with Gasteiger partial charge in [0.1, 0.15) is 0 Å². The minimum Gasteiger partial charge on any atom is -0.399 e. The van der Waals surface area contributed by atoms with Crippen LogP contribution in [0.15, 0.2) is 46.9 Å². The van der Waals surface area contributed by atoms with Crippen LogP contribution in [-0.4, -0.2) is 17.4 Å². The predicted octanol–water partition coefficient (Wildman–Crippen LogP) is 3.23. The largest absolute Gasteiger partial charge is 0.399 e. The van der Waals surface area contributed by atoms with E-state index in [9.17, 15) is 4.79 Å². The first kappa shape index (κ1) is 13.2. The number of carbonyl (C=O) groups excluding carboxylic acids is 1. The third-order valence-electron chi connectivity index (χ3n) is 3.63. The molecule has 0 aliphatic carbocycles. The van der Waals surface area contributed by atoms with E-state index in [2.05, 4.69) is 22.0 Å². The fourth-order valence-corrected chi connectivity index (χ4v) is 3.01. The molecule has 0 atom stereocenters. The third kappa shape index (κ3) is 2.43. The number of rotatable bonds is 1. The van der Waals surface area contributed by atoms with Crippen molar-refractivity contribution in [2.75, 3.05) is 12.3 Å². The summed E-state index contributed by atoms with van der Waals surface area (Å²) in [5, 5.41) is 0. The topological polar surface area (TPSA) is 46.3 Å². The number of benzene rings is 2. The van der Waals surface area contributed by atoms with Gasteiger partial charge in [0.15, 0.2) is 0 Å². The first-order valence-corrected chi connectivity index (χ1v) is 7.35. The Balaban J connectivity index is 1.87. The van der Waals surface area contributed by atoms with Gasteiger partial charge in [-0.05, 0) is 57.7 Å². The Morgan fingerprint density at radius 1 is 1.15 bits per heavy atom. The van der Waals surface area contributed by atoms with E-state index in [0.29, 0.717) is 12.1 Å². The molecule has 2 aromatic carbocycles. The van der Waals surface area contributed by atoms with Crippen LogP contribution in [0.1, 0.15) is 21.5 Å². The number of hydrogen-bond donors (Lipinski definition) is 1. The van der Waals surface area contributed by atoms with E-state index < -0.39 is 0 Å². The van der Waals surface area contributed by atoms with Gasteiger partial charge in [-0.15, -0.1) is 0 Å². The molecule has 0 aromatic heterocycles. The number of amides is 1. The van der Waals surface area contributed by atoms with Crippen molar-refractivity contribution in [2.45, 2.75) is 13.0 Å². The second-order valence-corrected chi connectivity index (χ2v) is 5.84. The van der Waals surface area contributed by atoms with Crippen molar-refractivity contribution < 1.29 is 4.79 Å². The molecule has 4 heteroatoms. The van der Waals surface area contributed by atoms with Crippen LogP contribution in [0.3, 0.4) is 0 Å². The van der Waals surface area contributed by atoms with Crippen molar-refractivity contribution in [3.05, 3.63) is 63.6 Å². The molecular weight excluding hydrogens is 316 g/mol. The molecule has 0 radical (unpaired) electrons. The number of hydrogen-bond acceptors (Lipinski definition) is 2. The number of fused-ring (bicyclic) bond motifs is 1. The Labute approximate surface area is 126 Å². The van der Waals surface area contributed by atoms with Crippen molar-refractivity contribution in [3.8, 4) is 0 Å². The Hall–Kier alpha value is -1.81. The highest BCUT2D eigenvalue weighted by Gasteiger charge is 2.22. The SMILES string of the molecule is Nc1ccc2c(c1)CN(C(=O)c1ccccc1Br)CC2. The Morgan fingerprint density at radius 2 is 1.95 bits per heavy atom. The lowest BCUT2D eigenvalue weighted by Gasteiger charge is -2.29. The van der Waals surface area contributed by atoms with Gasteiger partial charge in [0.05, 0.1) is 5.56 Å². The Morgan fingerprint density at radius 3 is 2.75 bits per heavy atom. The molecule has 1 amide bonds. The number of halogens is 1. The second-order valence-electron chi connectivity index (χ2n) is 4.98. The van der Waals surface area contributed by atoms with Crippen molar-refractivity contribution in [3.63, 3.8) is 0 Å². The highest BCUT2D eigenvalue weighted by atomic mass is 79.9. The minimum absolute atomic E-state index is 0.0607. The average molecular weight is 331 g/mol. The second kappa shape index (κ2) is 5.29.